The molecule has 7 heteroatoms. The molecule has 3 heterocycles. The predicted molar refractivity (Wildman–Crippen MR) is 132 cm³/mol. The number of pyridine rings is 1. The zero-order valence-corrected chi connectivity index (χ0v) is 19.3. The van der Waals surface area contributed by atoms with Crippen LogP contribution in [0.25, 0.3) is 22.2 Å². The SMILES string of the molecule is Cc1ccnc(CC(=O)c2ccc(-c3cn(C45CCC(N)(CC4)C5)c4ncnc(N)c34)cc2)c1. The summed E-state index contributed by atoms with van der Waals surface area (Å²) < 4.78 is 2.31. The molecule has 7 nitrogen and oxygen atoms in total. The smallest absolute Gasteiger partial charge is 0.168 e. The number of ketones is 1. The van der Waals surface area contributed by atoms with Crippen molar-refractivity contribution in [2.24, 2.45) is 5.73 Å². The minimum atomic E-state index is -0.0660. The minimum Gasteiger partial charge on any atom is -0.383 e. The molecule has 4 aromatic rings. The molecule has 2 fully saturated rings. The molecular formula is C27H28N6O. The maximum atomic E-state index is 12.8. The van der Waals surface area contributed by atoms with Crippen LogP contribution in [0.3, 0.4) is 0 Å². The number of carbonyl (C=O) groups excluding carboxylic acids is 1. The number of hydrogen-bond donors (Lipinski definition) is 2. The maximum absolute atomic E-state index is 12.8. The van der Waals surface area contributed by atoms with Gasteiger partial charge < -0.3 is 16.0 Å². The van der Waals surface area contributed by atoms with Gasteiger partial charge in [0.2, 0.25) is 0 Å². The van der Waals surface area contributed by atoms with Crippen molar-refractivity contribution in [2.75, 3.05) is 5.73 Å². The zero-order valence-electron chi connectivity index (χ0n) is 19.3. The highest BCUT2D eigenvalue weighted by Crippen LogP contribution is 2.55. The summed E-state index contributed by atoms with van der Waals surface area (Å²) >= 11 is 0. The fourth-order valence-electron chi connectivity index (χ4n) is 6.01. The second-order valence-corrected chi connectivity index (χ2v) is 10.1. The van der Waals surface area contributed by atoms with Gasteiger partial charge in [-0.15, -0.1) is 0 Å². The van der Waals surface area contributed by atoms with Crippen molar-refractivity contribution in [3.8, 4) is 11.1 Å². The van der Waals surface area contributed by atoms with Crippen LogP contribution >= 0.6 is 0 Å². The van der Waals surface area contributed by atoms with Crippen LogP contribution in [0, 0.1) is 6.92 Å². The van der Waals surface area contributed by atoms with Crippen molar-refractivity contribution in [1.82, 2.24) is 19.5 Å². The average Bonchev–Trinajstić information content (AvgIpc) is 3.49. The number of Topliss-reactive ketones (excluding diaryl/α,β-unsaturated/α-hetero) is 1. The van der Waals surface area contributed by atoms with E-state index >= 15 is 0 Å². The molecule has 172 valence electrons. The van der Waals surface area contributed by atoms with E-state index in [1.54, 1.807) is 6.20 Å². The molecule has 0 spiro atoms. The fourth-order valence-corrected chi connectivity index (χ4v) is 6.01. The quantitative estimate of drug-likeness (QED) is 0.439. The Morgan fingerprint density at radius 2 is 1.82 bits per heavy atom. The van der Waals surface area contributed by atoms with Gasteiger partial charge in [-0.05, 0) is 62.3 Å². The van der Waals surface area contributed by atoms with E-state index in [0.717, 1.165) is 65.5 Å². The number of nitrogen functional groups attached to an aromatic ring is 1. The first-order chi connectivity index (χ1) is 16.4. The second-order valence-electron chi connectivity index (χ2n) is 10.1. The highest BCUT2D eigenvalue weighted by atomic mass is 16.1. The Morgan fingerprint density at radius 1 is 1.06 bits per heavy atom. The van der Waals surface area contributed by atoms with Gasteiger partial charge in [0.05, 0.1) is 11.8 Å². The lowest BCUT2D eigenvalue weighted by Crippen LogP contribution is -2.33. The molecule has 34 heavy (non-hydrogen) atoms. The van der Waals surface area contributed by atoms with Gasteiger partial charge in [-0.3, -0.25) is 9.78 Å². The second kappa shape index (κ2) is 7.46. The summed E-state index contributed by atoms with van der Waals surface area (Å²) in [4.78, 5) is 26.1. The summed E-state index contributed by atoms with van der Waals surface area (Å²) in [5.74, 6) is 0.515. The van der Waals surface area contributed by atoms with Crippen molar-refractivity contribution >= 4 is 22.6 Å². The molecule has 4 N–H and O–H groups in total. The number of fused-ring (bicyclic) bond motifs is 3. The van der Waals surface area contributed by atoms with Gasteiger partial charge in [0.25, 0.3) is 0 Å². The lowest BCUT2D eigenvalue weighted by Gasteiger charge is -2.29. The van der Waals surface area contributed by atoms with Gasteiger partial charge in [0, 0.05) is 40.3 Å². The number of nitrogens with zero attached hydrogens (tertiary/aromatic N) is 4. The van der Waals surface area contributed by atoms with E-state index in [0.29, 0.717) is 11.4 Å². The molecule has 1 aromatic carbocycles. The van der Waals surface area contributed by atoms with E-state index in [4.69, 9.17) is 11.5 Å². The Balaban J connectivity index is 1.36. The lowest BCUT2D eigenvalue weighted by molar-refractivity contribution is 0.0992. The Hall–Kier alpha value is -3.58. The normalized spacial score (nSPS) is 23.6. The standard InChI is InChI=1S/C27H28N6O/c1-17-6-11-30-20(12-17)13-22(34)19-4-2-18(3-5-19)21-14-33(25-23(21)24(28)31-16-32-25)27-9-7-26(29,15-27)8-10-27/h2-6,11-12,14,16H,7-10,13,15,29H2,1H3,(H2,28,31,32). The van der Waals surface area contributed by atoms with Crippen molar-refractivity contribution in [3.63, 3.8) is 0 Å². The molecular weight excluding hydrogens is 424 g/mol. The first kappa shape index (κ1) is 21.0. The van der Waals surface area contributed by atoms with E-state index in [-0.39, 0.29) is 23.3 Å². The van der Waals surface area contributed by atoms with Crippen LogP contribution < -0.4 is 11.5 Å². The number of anilines is 1. The van der Waals surface area contributed by atoms with Crippen molar-refractivity contribution in [1.29, 1.82) is 0 Å². The summed E-state index contributed by atoms with van der Waals surface area (Å²) in [6.45, 7) is 2.00. The first-order valence-corrected chi connectivity index (χ1v) is 11.8. The van der Waals surface area contributed by atoms with Crippen LogP contribution in [0.4, 0.5) is 5.82 Å². The fraction of sp³-hybridized carbons (Fsp3) is 0.333. The van der Waals surface area contributed by atoms with Crippen molar-refractivity contribution in [3.05, 3.63) is 71.9 Å². The van der Waals surface area contributed by atoms with Crippen LogP contribution in [0.2, 0.25) is 0 Å². The summed E-state index contributed by atoms with van der Waals surface area (Å²) in [5.41, 5.74) is 18.3. The number of benzene rings is 1. The monoisotopic (exact) mass is 452 g/mol. The van der Waals surface area contributed by atoms with Crippen LogP contribution in [0.1, 0.15) is 53.7 Å². The van der Waals surface area contributed by atoms with Crippen molar-refractivity contribution < 1.29 is 4.79 Å². The van der Waals surface area contributed by atoms with E-state index in [1.807, 2.05) is 43.3 Å². The Morgan fingerprint density at radius 3 is 2.50 bits per heavy atom. The summed E-state index contributed by atoms with van der Waals surface area (Å²) in [6, 6.07) is 11.6. The van der Waals surface area contributed by atoms with Gasteiger partial charge in [-0.2, -0.15) is 0 Å². The minimum absolute atomic E-state index is 0.0111. The van der Waals surface area contributed by atoms with Gasteiger partial charge in [-0.1, -0.05) is 24.3 Å². The highest BCUT2D eigenvalue weighted by molar-refractivity contribution is 6.02. The molecule has 0 saturated heterocycles. The number of nitrogens with two attached hydrogens (primary N) is 2. The van der Waals surface area contributed by atoms with Crippen LogP contribution in [0.5, 0.6) is 0 Å². The van der Waals surface area contributed by atoms with Gasteiger partial charge in [0.15, 0.2) is 5.78 Å². The Kier molecular flexibility index (Phi) is 4.61. The third kappa shape index (κ3) is 3.30. The van der Waals surface area contributed by atoms with E-state index in [1.165, 1.54) is 6.33 Å². The molecule has 0 atom stereocenters. The lowest BCUT2D eigenvalue weighted by atomic mass is 9.91. The number of carbonyl (C=O) groups is 1. The summed E-state index contributed by atoms with van der Waals surface area (Å²) in [5, 5.41) is 0.862. The van der Waals surface area contributed by atoms with Gasteiger partial charge >= 0.3 is 0 Å². The number of aryl methyl sites for hydroxylation is 1. The van der Waals surface area contributed by atoms with E-state index in [2.05, 4.69) is 25.7 Å². The first-order valence-electron chi connectivity index (χ1n) is 11.8. The summed E-state index contributed by atoms with van der Waals surface area (Å²) in [6.07, 6.45) is 10.9. The van der Waals surface area contributed by atoms with Gasteiger partial charge in [0.1, 0.15) is 17.8 Å². The Bertz CT molecular complexity index is 1410. The highest BCUT2D eigenvalue weighted by Gasteiger charge is 2.53. The number of aromatic nitrogens is 4. The maximum Gasteiger partial charge on any atom is 0.168 e. The zero-order chi connectivity index (χ0) is 23.5. The number of rotatable bonds is 5. The molecule has 2 bridgehead atoms. The molecule has 2 aliphatic rings. The molecule has 2 saturated carbocycles. The van der Waals surface area contributed by atoms with Crippen LogP contribution in [-0.4, -0.2) is 30.8 Å². The third-order valence-electron chi connectivity index (χ3n) is 7.81. The predicted octanol–water partition coefficient (Wildman–Crippen LogP) is 4.18. The van der Waals surface area contributed by atoms with Crippen LogP contribution in [-0.2, 0) is 12.0 Å². The van der Waals surface area contributed by atoms with E-state index in [9.17, 15) is 4.79 Å². The van der Waals surface area contributed by atoms with E-state index < -0.39 is 0 Å². The topological polar surface area (TPSA) is 113 Å². The summed E-state index contributed by atoms with van der Waals surface area (Å²) in [7, 11) is 0. The largest absolute Gasteiger partial charge is 0.383 e. The third-order valence-corrected chi connectivity index (χ3v) is 7.81. The number of hydrogen-bond acceptors (Lipinski definition) is 6. The molecule has 0 unspecified atom stereocenters. The average molecular weight is 453 g/mol. The molecule has 0 amide bonds. The van der Waals surface area contributed by atoms with Gasteiger partial charge in [-0.25, -0.2) is 9.97 Å². The Labute approximate surface area is 198 Å². The molecule has 2 aliphatic carbocycles. The molecule has 3 aromatic heterocycles. The molecule has 6 rings (SSSR count). The van der Waals surface area contributed by atoms with Crippen LogP contribution in [0.15, 0.2) is 55.1 Å². The molecule has 0 aliphatic heterocycles. The molecule has 0 radical (unpaired) electrons. The van der Waals surface area contributed by atoms with Crippen molar-refractivity contribution in [2.45, 2.75) is 56.5 Å².